The lowest BCUT2D eigenvalue weighted by Crippen LogP contribution is -2.61. The highest BCUT2D eigenvalue weighted by Gasteiger charge is 2.48. The number of anilines is 5. The fraction of sp³-hybridized carbons (Fsp3) is 0.108. The minimum Gasteiger partial charge on any atom is -0.376 e. The minimum atomic E-state index is -0.187. The van der Waals surface area contributed by atoms with Gasteiger partial charge in [-0.15, -0.1) is 0 Å². The van der Waals surface area contributed by atoms with E-state index in [1.54, 1.807) is 0 Å². The molecule has 14 rings (SSSR count). The quantitative estimate of drug-likeness (QED) is 0.163. The standard InChI is InChI=1S/C65H49BN2/c1-40-17-9-11-21-47(40)44-35-53-62-48-22-12-10-20-43(48)29-34-59(62)68(45-30-27-42(28-31-45)41-18-7-6-8-19-41)66-58-38-52-50-24-14-16-26-55(50)65(4,5)57(52)39-60(58)67(61(36-44)63(53)66)46-32-33-51-49-23-13-15-25-54(49)64(2,3)56(51)37-46/h6-39H,1-5H3. The first-order valence-corrected chi connectivity index (χ1v) is 24.2. The normalized spacial score (nSPS) is 15.0. The van der Waals surface area contributed by atoms with Crippen LogP contribution >= 0.6 is 0 Å². The van der Waals surface area contributed by atoms with Crippen LogP contribution in [0.15, 0.2) is 206 Å². The van der Waals surface area contributed by atoms with Gasteiger partial charge in [0.1, 0.15) is 0 Å². The molecule has 322 valence electrons. The molecule has 2 aliphatic heterocycles. The highest BCUT2D eigenvalue weighted by molar-refractivity contribution is 6.93. The van der Waals surface area contributed by atoms with Gasteiger partial charge in [-0.25, -0.2) is 0 Å². The average Bonchev–Trinajstić information content (AvgIpc) is 3.74. The first-order valence-electron chi connectivity index (χ1n) is 24.2. The first-order chi connectivity index (χ1) is 33.2. The smallest absolute Gasteiger partial charge is 0.333 e. The zero-order valence-corrected chi connectivity index (χ0v) is 39.1. The van der Waals surface area contributed by atoms with E-state index in [0.29, 0.717) is 0 Å². The molecule has 0 fully saturated rings. The second kappa shape index (κ2) is 14.1. The summed E-state index contributed by atoms with van der Waals surface area (Å²) in [7, 11) is 0. The molecule has 0 bridgehead atoms. The van der Waals surface area contributed by atoms with E-state index < -0.39 is 0 Å². The molecule has 4 aliphatic rings. The maximum absolute atomic E-state index is 2.67. The molecule has 68 heavy (non-hydrogen) atoms. The van der Waals surface area contributed by atoms with Crippen molar-refractivity contribution in [1.29, 1.82) is 0 Å². The fourth-order valence-corrected chi connectivity index (χ4v) is 12.8. The van der Waals surface area contributed by atoms with Crippen molar-refractivity contribution in [2.24, 2.45) is 0 Å². The Labute approximate surface area is 399 Å². The van der Waals surface area contributed by atoms with Gasteiger partial charge in [0.2, 0.25) is 0 Å². The lowest BCUT2D eigenvalue weighted by molar-refractivity contribution is 0.660. The van der Waals surface area contributed by atoms with Crippen molar-refractivity contribution in [2.75, 3.05) is 9.71 Å². The van der Waals surface area contributed by atoms with Crippen molar-refractivity contribution >= 4 is 57.0 Å². The van der Waals surface area contributed by atoms with Crippen LogP contribution in [0.5, 0.6) is 0 Å². The lowest BCUT2D eigenvalue weighted by atomic mass is 9.43. The molecule has 10 aromatic rings. The summed E-state index contributed by atoms with van der Waals surface area (Å²) in [6.07, 6.45) is 0. The molecule has 2 heterocycles. The molecule has 0 aromatic heterocycles. The van der Waals surface area contributed by atoms with E-state index in [9.17, 15) is 0 Å². The monoisotopic (exact) mass is 868 g/mol. The predicted octanol–water partition coefficient (Wildman–Crippen LogP) is 15.8. The third-order valence-electron chi connectivity index (χ3n) is 16.2. The molecule has 2 nitrogen and oxygen atoms in total. The molecule has 0 atom stereocenters. The number of benzene rings is 10. The number of nitrogens with zero attached hydrogens (tertiary/aromatic N) is 2. The van der Waals surface area contributed by atoms with E-state index in [0.717, 1.165) is 0 Å². The lowest BCUT2D eigenvalue weighted by Gasteiger charge is -2.46. The molecular weight excluding hydrogens is 820 g/mol. The third-order valence-corrected chi connectivity index (χ3v) is 16.2. The summed E-state index contributed by atoms with van der Waals surface area (Å²) >= 11 is 0. The van der Waals surface area contributed by atoms with Gasteiger partial charge in [-0.2, -0.15) is 0 Å². The van der Waals surface area contributed by atoms with Gasteiger partial charge in [-0.1, -0.05) is 185 Å². The van der Waals surface area contributed by atoms with Crippen LogP contribution in [0.1, 0.15) is 55.5 Å². The summed E-state index contributed by atoms with van der Waals surface area (Å²) in [6, 6.07) is 78.3. The van der Waals surface area contributed by atoms with Gasteiger partial charge in [-0.3, -0.25) is 0 Å². The number of fused-ring (bicyclic) bond motifs is 12. The number of hydrogen-bond acceptors (Lipinski definition) is 2. The van der Waals surface area contributed by atoms with Crippen LogP contribution in [0, 0.1) is 6.92 Å². The maximum atomic E-state index is 2.67. The van der Waals surface area contributed by atoms with Crippen molar-refractivity contribution in [1.82, 2.24) is 0 Å². The van der Waals surface area contributed by atoms with Crippen LogP contribution in [-0.2, 0) is 10.8 Å². The van der Waals surface area contributed by atoms with Gasteiger partial charge in [0.05, 0.1) is 0 Å². The van der Waals surface area contributed by atoms with E-state index in [-0.39, 0.29) is 17.7 Å². The van der Waals surface area contributed by atoms with Crippen LogP contribution in [0.25, 0.3) is 66.4 Å². The minimum absolute atomic E-state index is 0.135. The summed E-state index contributed by atoms with van der Waals surface area (Å²) in [5.74, 6) is 0. The Hall–Kier alpha value is -7.88. The van der Waals surface area contributed by atoms with Gasteiger partial charge >= 0.3 is 6.85 Å². The van der Waals surface area contributed by atoms with Gasteiger partial charge in [0.15, 0.2) is 0 Å². The Morgan fingerprint density at radius 1 is 0.382 bits per heavy atom. The van der Waals surface area contributed by atoms with Gasteiger partial charge in [0, 0.05) is 44.8 Å². The molecule has 10 aromatic carbocycles. The van der Waals surface area contributed by atoms with E-state index >= 15 is 0 Å². The Bertz CT molecular complexity index is 3770. The highest BCUT2D eigenvalue weighted by Crippen LogP contribution is 2.56. The fourth-order valence-electron chi connectivity index (χ4n) is 12.8. The van der Waals surface area contributed by atoms with Crippen LogP contribution in [-0.4, -0.2) is 6.85 Å². The summed E-state index contributed by atoms with van der Waals surface area (Å²) in [5.41, 5.74) is 27.9. The molecule has 0 N–H and O–H groups in total. The van der Waals surface area contributed by atoms with Crippen molar-refractivity contribution in [3.05, 3.63) is 234 Å². The van der Waals surface area contributed by atoms with Gasteiger partial charge in [-0.05, 0) is 155 Å². The van der Waals surface area contributed by atoms with E-state index in [1.807, 2.05) is 0 Å². The Kier molecular flexibility index (Phi) is 8.14. The average molecular weight is 869 g/mol. The van der Waals surface area contributed by atoms with E-state index in [2.05, 4.69) is 251 Å². The largest absolute Gasteiger partial charge is 0.376 e. The van der Waals surface area contributed by atoms with Crippen molar-refractivity contribution in [3.63, 3.8) is 0 Å². The topological polar surface area (TPSA) is 6.48 Å². The number of rotatable bonds is 4. The van der Waals surface area contributed by atoms with Crippen molar-refractivity contribution in [3.8, 4) is 55.6 Å². The second-order valence-electron chi connectivity index (χ2n) is 20.5. The first kappa shape index (κ1) is 39.3. The Balaban J connectivity index is 1.12. The van der Waals surface area contributed by atoms with E-state index in [4.69, 9.17) is 0 Å². The number of hydrogen-bond donors (Lipinski definition) is 0. The predicted molar refractivity (Wildman–Crippen MR) is 288 cm³/mol. The maximum Gasteiger partial charge on any atom is 0.333 e. The molecular formula is C65H49BN2. The SMILES string of the molecule is Cc1ccccc1-c1cc2c3c(c1)N(c1ccc4c(c1)C(C)(C)c1ccccc1-4)c1cc4c(cc1B3N(c1ccc(-c3ccccc3)cc1)c1ccc3ccccc3c1-2)-c1ccccc1C4(C)C. The second-order valence-corrected chi connectivity index (χ2v) is 20.5. The molecule has 2 aliphatic carbocycles. The molecule has 0 radical (unpaired) electrons. The molecule has 0 saturated heterocycles. The highest BCUT2D eigenvalue weighted by atomic mass is 15.2. The van der Waals surface area contributed by atoms with Crippen molar-refractivity contribution < 1.29 is 0 Å². The van der Waals surface area contributed by atoms with Gasteiger partial charge in [0.25, 0.3) is 0 Å². The molecule has 0 amide bonds. The molecule has 0 unspecified atom stereocenters. The Morgan fingerprint density at radius 2 is 0.985 bits per heavy atom. The zero-order valence-electron chi connectivity index (χ0n) is 39.1. The summed E-state index contributed by atoms with van der Waals surface area (Å²) in [5, 5.41) is 2.50. The Morgan fingerprint density at radius 3 is 1.74 bits per heavy atom. The summed E-state index contributed by atoms with van der Waals surface area (Å²) < 4.78 is 0. The van der Waals surface area contributed by atoms with E-state index in [1.165, 1.54) is 134 Å². The van der Waals surface area contributed by atoms with Crippen LogP contribution in [0.3, 0.4) is 0 Å². The van der Waals surface area contributed by atoms with Crippen molar-refractivity contribution in [2.45, 2.75) is 45.4 Å². The van der Waals surface area contributed by atoms with Crippen LogP contribution in [0.4, 0.5) is 28.4 Å². The summed E-state index contributed by atoms with van der Waals surface area (Å²) in [6.45, 7) is 11.7. The zero-order chi connectivity index (χ0) is 45.6. The summed E-state index contributed by atoms with van der Waals surface area (Å²) in [4.78, 5) is 5.32. The number of aryl methyl sites for hydroxylation is 1. The van der Waals surface area contributed by atoms with Crippen LogP contribution < -0.4 is 20.6 Å². The molecule has 0 spiro atoms. The molecule has 3 heteroatoms. The van der Waals surface area contributed by atoms with Gasteiger partial charge < -0.3 is 9.71 Å². The molecule has 0 saturated carbocycles. The third kappa shape index (κ3) is 5.36. The van der Waals surface area contributed by atoms with Crippen LogP contribution in [0.2, 0.25) is 0 Å².